The molecule has 2 aromatic heterocycles. The average molecular weight is 672 g/mol. The number of furan rings is 1. The van der Waals surface area contributed by atoms with E-state index < -0.39 is 0 Å². The third kappa shape index (κ3) is 5.66. The van der Waals surface area contributed by atoms with Crippen LogP contribution < -0.4 is 4.90 Å². The zero-order valence-corrected chi connectivity index (χ0v) is 29.2. The molecule has 9 rings (SSSR count). The van der Waals surface area contributed by atoms with Crippen LogP contribution in [0, 0.1) is 19.1 Å². The third-order valence-corrected chi connectivity index (χ3v) is 10.9. The fourth-order valence-corrected chi connectivity index (χ4v) is 8.17. The second-order valence-electron chi connectivity index (χ2n) is 12.8. The van der Waals surface area contributed by atoms with Gasteiger partial charge < -0.3 is 9.32 Å². The van der Waals surface area contributed by atoms with Crippen LogP contribution in [0.1, 0.15) is 17.4 Å². The van der Waals surface area contributed by atoms with Gasteiger partial charge in [0.25, 0.3) is 0 Å². The number of allylic oxidation sites excluding steroid dienone is 1. The lowest BCUT2D eigenvalue weighted by Crippen LogP contribution is -2.09. The lowest BCUT2D eigenvalue weighted by Gasteiger charge is -2.26. The van der Waals surface area contributed by atoms with Crippen molar-refractivity contribution in [2.24, 2.45) is 0 Å². The topological polar surface area (TPSA) is 16.4 Å². The first-order valence-electron chi connectivity index (χ1n) is 17.2. The summed E-state index contributed by atoms with van der Waals surface area (Å²) >= 11 is 1.85. The molecule has 0 spiro atoms. The van der Waals surface area contributed by atoms with Crippen LogP contribution >= 0.6 is 11.3 Å². The molecule has 0 unspecified atom stereocenters. The Morgan fingerprint density at radius 1 is 0.569 bits per heavy atom. The highest BCUT2D eigenvalue weighted by Gasteiger charge is 2.15. The minimum atomic E-state index is 0.737. The van der Waals surface area contributed by atoms with Crippen molar-refractivity contribution in [2.75, 3.05) is 4.90 Å². The number of nitrogens with zero attached hydrogens (tertiary/aromatic N) is 1. The van der Waals surface area contributed by atoms with E-state index in [1.54, 1.807) is 0 Å². The Morgan fingerprint density at radius 2 is 1.12 bits per heavy atom. The molecular formula is C48H33NOS. The molecule has 3 heteroatoms. The molecule has 0 aliphatic rings. The number of benzene rings is 6. The van der Waals surface area contributed by atoms with Gasteiger partial charge in [0, 0.05) is 37.4 Å². The fraction of sp³-hybridized carbons (Fsp3) is 0.0417. The van der Waals surface area contributed by atoms with Gasteiger partial charge in [-0.2, -0.15) is 0 Å². The summed E-state index contributed by atoms with van der Waals surface area (Å²) in [5.74, 6) is 0. The van der Waals surface area contributed by atoms with Crippen molar-refractivity contribution in [2.45, 2.75) is 13.8 Å². The zero-order chi connectivity index (χ0) is 34.3. The Balaban J connectivity index is 1.08. The third-order valence-electron chi connectivity index (χ3n) is 9.69. The first kappa shape index (κ1) is 30.7. The lowest BCUT2D eigenvalue weighted by molar-refractivity contribution is 0.669. The van der Waals surface area contributed by atoms with Crippen LogP contribution in [0.2, 0.25) is 0 Å². The van der Waals surface area contributed by atoms with Crippen molar-refractivity contribution in [3.63, 3.8) is 0 Å². The second kappa shape index (κ2) is 12.8. The Morgan fingerprint density at radius 3 is 1.75 bits per heavy atom. The van der Waals surface area contributed by atoms with Crippen LogP contribution in [0.4, 0.5) is 17.1 Å². The minimum Gasteiger partial charge on any atom is -0.447 e. The van der Waals surface area contributed by atoms with Gasteiger partial charge in [-0.3, -0.25) is 0 Å². The predicted octanol–water partition coefficient (Wildman–Crippen LogP) is 14.2. The molecule has 0 fully saturated rings. The zero-order valence-electron chi connectivity index (χ0n) is 28.4. The molecule has 0 atom stereocenters. The lowest BCUT2D eigenvalue weighted by atomic mass is 10.0. The van der Waals surface area contributed by atoms with Gasteiger partial charge in [0.15, 0.2) is 5.58 Å². The quantitative estimate of drug-likeness (QED) is 0.168. The molecule has 2 nitrogen and oxygen atoms in total. The number of hydrogen-bond donors (Lipinski definition) is 0. The molecule has 0 N–H and O–H groups in total. The monoisotopic (exact) mass is 671 g/mol. The van der Waals surface area contributed by atoms with Crippen LogP contribution in [-0.4, -0.2) is 0 Å². The van der Waals surface area contributed by atoms with Crippen LogP contribution in [0.5, 0.6) is 0 Å². The van der Waals surface area contributed by atoms with Crippen LogP contribution in [0.25, 0.3) is 71.5 Å². The molecule has 0 radical (unpaired) electrons. The molecule has 0 amide bonds. The van der Waals surface area contributed by atoms with E-state index >= 15 is 0 Å². The van der Waals surface area contributed by atoms with E-state index in [0.717, 1.165) is 50.1 Å². The smallest absolute Gasteiger partial charge is 0.185 e. The van der Waals surface area contributed by atoms with E-state index in [9.17, 15) is 0 Å². The largest absolute Gasteiger partial charge is 0.447 e. The van der Waals surface area contributed by atoms with E-state index in [2.05, 4.69) is 176 Å². The molecule has 0 saturated heterocycles. The first-order valence-corrected chi connectivity index (χ1v) is 18.0. The van der Waals surface area contributed by atoms with Crippen molar-refractivity contribution >= 4 is 66.5 Å². The molecule has 0 aliphatic heterocycles. The molecule has 0 aliphatic carbocycles. The Bertz CT molecular complexity index is 2680. The first-order chi connectivity index (χ1) is 25.1. The van der Waals surface area contributed by atoms with Gasteiger partial charge in [-0.1, -0.05) is 91.0 Å². The van der Waals surface area contributed by atoms with E-state index in [1.807, 2.05) is 29.5 Å². The van der Waals surface area contributed by atoms with Crippen molar-refractivity contribution < 1.29 is 4.42 Å². The molecule has 0 bridgehead atoms. The molecule has 51 heavy (non-hydrogen) atoms. The maximum absolute atomic E-state index is 6.00. The minimum absolute atomic E-state index is 0.737. The number of thiophene rings is 1. The summed E-state index contributed by atoms with van der Waals surface area (Å²) in [5, 5.41) is 3.47. The van der Waals surface area contributed by atoms with E-state index in [0.29, 0.717) is 0 Å². The molecule has 9 aromatic rings. The van der Waals surface area contributed by atoms with Crippen molar-refractivity contribution in [3.05, 3.63) is 180 Å². The summed E-state index contributed by atoms with van der Waals surface area (Å²) in [6.07, 6.45) is 4.32. The number of hydrogen-bond acceptors (Lipinski definition) is 3. The summed E-state index contributed by atoms with van der Waals surface area (Å²) < 4.78 is 7.33. The maximum Gasteiger partial charge on any atom is 0.185 e. The normalized spacial score (nSPS) is 11.5. The van der Waals surface area contributed by atoms with Gasteiger partial charge in [0.2, 0.25) is 0 Å². The summed E-state index contributed by atoms with van der Waals surface area (Å²) in [4.78, 5) is 3.66. The molecule has 2 heterocycles. The van der Waals surface area contributed by atoms with E-state index in [4.69, 9.17) is 4.42 Å². The standard InChI is InChI=1S/C48H33NOS/c1-3-9-47-32(2)43-30-38(21-29-48(43)51-47)36-18-26-41(27-19-36)49(39-22-14-34(15-23-39)33-10-5-4-6-11-33)40-24-16-35(17-25-40)37-20-28-46-44(31-37)42-12-7-8-13-45(42)50-46/h3-7,9-12,14-31H,1-2H3/b9-3-. The number of aryl methyl sites for hydroxylation is 1. The molecule has 0 saturated carbocycles. The maximum atomic E-state index is 6.00. The molecule has 242 valence electrons. The van der Waals surface area contributed by atoms with Crippen LogP contribution in [-0.2, 0) is 0 Å². The highest BCUT2D eigenvalue weighted by atomic mass is 32.1. The van der Waals surface area contributed by atoms with Crippen molar-refractivity contribution in [1.29, 1.82) is 0 Å². The highest BCUT2D eigenvalue weighted by Crippen LogP contribution is 2.40. The van der Waals surface area contributed by atoms with Gasteiger partial charge in [-0.15, -0.1) is 11.3 Å². The van der Waals surface area contributed by atoms with Crippen LogP contribution in [0.15, 0.2) is 162 Å². The molecule has 7 aromatic carbocycles. The van der Waals surface area contributed by atoms with Crippen molar-refractivity contribution in [1.82, 2.24) is 0 Å². The predicted molar refractivity (Wildman–Crippen MR) is 217 cm³/mol. The fourth-order valence-electron chi connectivity index (χ4n) is 7.00. The molecular weight excluding hydrogens is 639 g/mol. The Kier molecular flexibility index (Phi) is 7.73. The SMILES string of the molecule is C/C=C\c1sc2ccc(-c3ccc(N(c4ccc(-c5ccccc5)cc4)c4ccc(-c5ccc6oc7c#cccc7c6c5)cc4)cc3)cc2c1C. The van der Waals surface area contributed by atoms with E-state index in [1.165, 1.54) is 42.8 Å². The Hall–Kier alpha value is -6.34. The average Bonchev–Trinajstić information content (AvgIpc) is 3.72. The summed E-state index contributed by atoms with van der Waals surface area (Å²) in [5.41, 5.74) is 13.3. The van der Waals surface area contributed by atoms with Crippen LogP contribution in [0.3, 0.4) is 0 Å². The number of anilines is 3. The number of fused-ring (bicyclic) bond motifs is 4. The van der Waals surface area contributed by atoms with Gasteiger partial charge in [-0.25, -0.2) is 0 Å². The summed E-state index contributed by atoms with van der Waals surface area (Å²) in [6.45, 7) is 4.30. The van der Waals surface area contributed by atoms with Crippen molar-refractivity contribution in [3.8, 4) is 33.4 Å². The van der Waals surface area contributed by atoms with Gasteiger partial charge in [0.1, 0.15) is 5.58 Å². The summed E-state index contributed by atoms with van der Waals surface area (Å²) in [6, 6.07) is 60.4. The number of rotatable bonds is 7. The van der Waals surface area contributed by atoms with Gasteiger partial charge in [-0.05, 0) is 143 Å². The highest BCUT2D eigenvalue weighted by molar-refractivity contribution is 7.20. The summed E-state index contributed by atoms with van der Waals surface area (Å²) in [7, 11) is 0. The van der Waals surface area contributed by atoms with Gasteiger partial charge in [0.05, 0.1) is 0 Å². The Labute approximate surface area is 302 Å². The van der Waals surface area contributed by atoms with Gasteiger partial charge >= 0.3 is 0 Å². The second-order valence-corrected chi connectivity index (χ2v) is 13.9. The van der Waals surface area contributed by atoms with E-state index in [-0.39, 0.29) is 0 Å².